The van der Waals surface area contributed by atoms with Gasteiger partial charge in [0, 0.05) is 0 Å². The lowest BCUT2D eigenvalue weighted by atomic mass is 9.99. The molecule has 2 aliphatic rings. The summed E-state index contributed by atoms with van der Waals surface area (Å²) in [7, 11) is 1.83. The van der Waals surface area contributed by atoms with Gasteiger partial charge < -0.3 is 14.9 Å². The Morgan fingerprint density at radius 2 is 2.16 bits per heavy atom. The highest BCUT2D eigenvalue weighted by Crippen LogP contribution is 2.41. The number of ether oxygens (including phenoxy) is 1. The normalized spacial score (nSPS) is 43.7. The second-order valence-electron chi connectivity index (χ2n) is 5.61. The van der Waals surface area contributed by atoms with Gasteiger partial charge in [-0.25, -0.2) is 4.39 Å². The number of halogens is 1. The van der Waals surface area contributed by atoms with Crippen LogP contribution in [0.3, 0.4) is 0 Å². The molecule has 6 atom stereocenters. The van der Waals surface area contributed by atoms with E-state index in [9.17, 15) is 9.50 Å². The first kappa shape index (κ1) is 15.5. The second-order valence-corrected chi connectivity index (χ2v) is 6.79. The molecule has 2 saturated heterocycles. The van der Waals surface area contributed by atoms with E-state index < -0.39 is 24.4 Å². The molecule has 0 aliphatic carbocycles. The smallest absolute Gasteiger partial charge is 0.147 e. The summed E-state index contributed by atoms with van der Waals surface area (Å²) in [4.78, 5) is 1.87. The summed E-state index contributed by atoms with van der Waals surface area (Å²) in [6.07, 6.45) is -3.50. The lowest BCUT2D eigenvalue weighted by Gasteiger charge is -2.39. The van der Waals surface area contributed by atoms with Crippen molar-refractivity contribution in [3.63, 3.8) is 0 Å². The van der Waals surface area contributed by atoms with Crippen LogP contribution in [0.1, 0.15) is 13.8 Å². The van der Waals surface area contributed by atoms with Crippen LogP contribution in [0.5, 0.6) is 0 Å². The zero-order valence-electron chi connectivity index (χ0n) is 11.5. The van der Waals surface area contributed by atoms with Gasteiger partial charge in [-0.2, -0.15) is 0 Å². The van der Waals surface area contributed by atoms with Crippen LogP contribution in [0.2, 0.25) is 0 Å². The van der Waals surface area contributed by atoms with E-state index in [4.69, 9.17) is 9.84 Å². The van der Waals surface area contributed by atoms with Gasteiger partial charge in [-0.05, 0) is 19.5 Å². The van der Waals surface area contributed by atoms with Crippen molar-refractivity contribution in [1.82, 2.24) is 10.2 Å². The molecule has 6 unspecified atom stereocenters. The predicted molar refractivity (Wildman–Crippen MR) is 72.4 cm³/mol. The molecule has 7 heteroatoms. The first-order valence-corrected chi connectivity index (χ1v) is 7.59. The summed E-state index contributed by atoms with van der Waals surface area (Å²) >= 11 is 1.50. The summed E-state index contributed by atoms with van der Waals surface area (Å²) in [5.74, 6) is 0.509. The van der Waals surface area contributed by atoms with Gasteiger partial charge in [-0.1, -0.05) is 25.6 Å². The topological polar surface area (TPSA) is 65.0 Å². The van der Waals surface area contributed by atoms with Crippen molar-refractivity contribution in [2.75, 3.05) is 20.2 Å². The highest BCUT2D eigenvalue weighted by Gasteiger charge is 2.53. The van der Waals surface area contributed by atoms with Gasteiger partial charge in [0.05, 0.1) is 12.6 Å². The Kier molecular flexibility index (Phi) is 5.08. The van der Waals surface area contributed by atoms with Crippen molar-refractivity contribution in [3.05, 3.63) is 0 Å². The van der Waals surface area contributed by atoms with Gasteiger partial charge in [0.2, 0.25) is 0 Å². The molecule has 3 N–H and O–H groups in total. The molecule has 0 amide bonds. The van der Waals surface area contributed by atoms with Crippen molar-refractivity contribution in [2.24, 2.45) is 5.92 Å². The molecule has 0 spiro atoms. The molecular formula is C12H23FN2O3S. The number of fused-ring (bicyclic) bond motifs is 1. The van der Waals surface area contributed by atoms with E-state index in [1.165, 1.54) is 11.8 Å². The number of aliphatic hydroxyl groups is 2. The molecule has 2 fully saturated rings. The Balaban J connectivity index is 2.02. The van der Waals surface area contributed by atoms with E-state index in [1.807, 2.05) is 11.9 Å². The number of thioether (sulfide) groups is 1. The van der Waals surface area contributed by atoms with Crippen molar-refractivity contribution >= 4 is 11.8 Å². The van der Waals surface area contributed by atoms with Crippen LogP contribution in [0.25, 0.3) is 0 Å². The molecule has 112 valence electrons. The third-order valence-electron chi connectivity index (χ3n) is 3.61. The highest BCUT2D eigenvalue weighted by atomic mass is 32.2. The molecule has 0 bridgehead atoms. The van der Waals surface area contributed by atoms with Crippen molar-refractivity contribution in [3.8, 4) is 0 Å². The Morgan fingerprint density at radius 1 is 1.47 bits per heavy atom. The van der Waals surface area contributed by atoms with E-state index in [0.29, 0.717) is 5.92 Å². The maximum absolute atomic E-state index is 14.3. The van der Waals surface area contributed by atoms with E-state index in [1.54, 1.807) is 0 Å². The standard InChI is InChI=1S/C12H23FN2O3S/c1-6(2)4-14-12-15(3)9-8(13)10(17)7(5-16)18-11(9)19-12/h6-12,14,16-17H,4-5H2,1-3H3. The fourth-order valence-electron chi connectivity index (χ4n) is 2.48. The largest absolute Gasteiger partial charge is 0.394 e. The van der Waals surface area contributed by atoms with Gasteiger partial charge in [0.1, 0.15) is 29.3 Å². The van der Waals surface area contributed by atoms with Crippen LogP contribution in [0.15, 0.2) is 0 Å². The molecule has 0 radical (unpaired) electrons. The molecule has 2 rings (SSSR count). The van der Waals surface area contributed by atoms with Crippen LogP contribution in [-0.2, 0) is 4.74 Å². The molecule has 5 nitrogen and oxygen atoms in total. The number of nitrogens with one attached hydrogen (secondary N) is 1. The number of aliphatic hydroxyl groups excluding tert-OH is 2. The van der Waals surface area contributed by atoms with Crippen molar-refractivity contribution in [1.29, 1.82) is 0 Å². The van der Waals surface area contributed by atoms with Gasteiger partial charge in [-0.15, -0.1) is 0 Å². The zero-order valence-corrected chi connectivity index (χ0v) is 12.3. The highest BCUT2D eigenvalue weighted by molar-refractivity contribution is 8.00. The molecule has 2 aliphatic heterocycles. The van der Waals surface area contributed by atoms with E-state index >= 15 is 0 Å². The Bertz CT molecular complexity index is 311. The third-order valence-corrected chi connectivity index (χ3v) is 5.02. The summed E-state index contributed by atoms with van der Waals surface area (Å²) in [6.45, 7) is 4.70. The van der Waals surface area contributed by atoms with E-state index in [2.05, 4.69) is 19.2 Å². The maximum Gasteiger partial charge on any atom is 0.147 e. The molecule has 19 heavy (non-hydrogen) atoms. The van der Waals surface area contributed by atoms with Gasteiger partial charge in [0.25, 0.3) is 0 Å². The second kappa shape index (κ2) is 6.24. The van der Waals surface area contributed by atoms with Crippen molar-refractivity contribution in [2.45, 2.75) is 49.2 Å². The van der Waals surface area contributed by atoms with Crippen LogP contribution in [0, 0.1) is 5.92 Å². The number of hydrogen-bond acceptors (Lipinski definition) is 6. The molecule has 0 aromatic rings. The molecular weight excluding hydrogens is 271 g/mol. The summed E-state index contributed by atoms with van der Waals surface area (Å²) in [5, 5.41) is 22.3. The third kappa shape index (κ3) is 3.06. The summed E-state index contributed by atoms with van der Waals surface area (Å²) in [5.41, 5.74) is -0.384. The number of hydrogen-bond donors (Lipinski definition) is 3. The fourth-order valence-corrected chi connectivity index (χ4v) is 3.97. The summed E-state index contributed by atoms with van der Waals surface area (Å²) in [6, 6.07) is -0.479. The number of rotatable bonds is 4. The Hall–Kier alpha value is 0.0800. The molecule has 0 saturated carbocycles. The minimum atomic E-state index is -1.40. The average molecular weight is 294 g/mol. The molecule has 0 aromatic carbocycles. The SMILES string of the molecule is CC(C)CNC1SC2OC(CO)C(O)C(F)C2N1C. The van der Waals surface area contributed by atoms with Crippen LogP contribution >= 0.6 is 11.8 Å². The first-order chi connectivity index (χ1) is 8.95. The minimum Gasteiger partial charge on any atom is -0.394 e. The number of nitrogens with zero attached hydrogens (tertiary/aromatic N) is 1. The molecule has 2 heterocycles. The number of likely N-dealkylation sites (N-methyl/N-ethyl adjacent to an activating group) is 1. The Labute approximate surface area is 117 Å². The quantitative estimate of drug-likeness (QED) is 0.677. The fraction of sp³-hybridized carbons (Fsp3) is 1.00. The van der Waals surface area contributed by atoms with Crippen LogP contribution < -0.4 is 5.32 Å². The number of alkyl halides is 1. The van der Waals surface area contributed by atoms with E-state index in [0.717, 1.165) is 6.54 Å². The lowest BCUT2D eigenvalue weighted by molar-refractivity contribution is -0.164. The average Bonchev–Trinajstić information content (AvgIpc) is 2.68. The maximum atomic E-state index is 14.3. The lowest BCUT2D eigenvalue weighted by Crippen LogP contribution is -2.59. The summed E-state index contributed by atoms with van der Waals surface area (Å²) < 4.78 is 19.9. The zero-order chi connectivity index (χ0) is 14.2. The monoisotopic (exact) mass is 294 g/mol. The Morgan fingerprint density at radius 3 is 2.74 bits per heavy atom. The van der Waals surface area contributed by atoms with Gasteiger partial charge in [-0.3, -0.25) is 10.2 Å². The van der Waals surface area contributed by atoms with Crippen LogP contribution in [0.4, 0.5) is 4.39 Å². The van der Waals surface area contributed by atoms with Crippen LogP contribution in [-0.4, -0.2) is 70.7 Å². The first-order valence-electron chi connectivity index (χ1n) is 6.65. The van der Waals surface area contributed by atoms with Gasteiger partial charge in [0.15, 0.2) is 0 Å². The molecule has 0 aromatic heterocycles. The minimum absolute atomic E-state index is 0.0275. The van der Waals surface area contributed by atoms with Crippen molar-refractivity contribution < 1.29 is 19.3 Å². The predicted octanol–water partition coefficient (Wildman–Crippen LogP) is -0.0210. The van der Waals surface area contributed by atoms with E-state index in [-0.39, 0.29) is 17.5 Å². The van der Waals surface area contributed by atoms with Gasteiger partial charge >= 0.3 is 0 Å².